The van der Waals surface area contributed by atoms with Crippen LogP contribution in [0.3, 0.4) is 0 Å². The second-order valence-corrected chi connectivity index (χ2v) is 5.53. The van der Waals surface area contributed by atoms with Gasteiger partial charge in [0.15, 0.2) is 0 Å². The van der Waals surface area contributed by atoms with Crippen molar-refractivity contribution in [3.8, 4) is 0 Å². The Labute approximate surface area is 96.4 Å². The summed E-state index contributed by atoms with van der Waals surface area (Å²) < 4.78 is 0. The molecule has 0 spiro atoms. The molecule has 1 unspecified atom stereocenters. The molecule has 92 valence electrons. The van der Waals surface area contributed by atoms with Crippen molar-refractivity contribution in [2.75, 3.05) is 20.1 Å². The number of likely N-dealkylation sites (N-methyl/N-ethyl adjacent to an activating group) is 1. The van der Waals surface area contributed by atoms with Gasteiger partial charge in [-0.15, -0.1) is 0 Å². The molecule has 1 N–H and O–H groups in total. The van der Waals surface area contributed by atoms with Gasteiger partial charge in [-0.25, -0.2) is 0 Å². The highest BCUT2D eigenvalue weighted by molar-refractivity contribution is 4.76. The van der Waals surface area contributed by atoms with Gasteiger partial charge in [0.2, 0.25) is 0 Å². The minimum absolute atomic E-state index is 0.235. The molecule has 1 atom stereocenters. The first kappa shape index (κ1) is 14.9. The molecule has 0 aliphatic carbocycles. The monoisotopic (exact) mass is 214 g/mol. The average Bonchev–Trinajstić information content (AvgIpc) is 2.13. The van der Waals surface area contributed by atoms with Crippen molar-refractivity contribution in [2.45, 2.75) is 65.5 Å². The van der Waals surface area contributed by atoms with Crippen LogP contribution in [-0.4, -0.2) is 36.6 Å². The molecule has 2 heteroatoms. The van der Waals surface area contributed by atoms with Crippen molar-refractivity contribution >= 4 is 0 Å². The maximum absolute atomic E-state index is 3.59. The Morgan fingerprint density at radius 2 is 1.80 bits per heavy atom. The molecule has 0 aliphatic rings. The molecule has 15 heavy (non-hydrogen) atoms. The van der Waals surface area contributed by atoms with Gasteiger partial charge in [-0.3, -0.25) is 0 Å². The SMILES string of the molecule is CCCCN(C)C(CC)CNC(C)(C)C. The fourth-order valence-electron chi connectivity index (χ4n) is 1.63. The Hall–Kier alpha value is -0.0800. The first-order valence-electron chi connectivity index (χ1n) is 6.36. The number of hydrogen-bond acceptors (Lipinski definition) is 2. The van der Waals surface area contributed by atoms with Crippen molar-refractivity contribution in [1.29, 1.82) is 0 Å². The third kappa shape index (κ3) is 7.80. The Morgan fingerprint density at radius 1 is 1.20 bits per heavy atom. The number of rotatable bonds is 7. The van der Waals surface area contributed by atoms with Crippen LogP contribution in [0.5, 0.6) is 0 Å². The maximum Gasteiger partial charge on any atom is 0.0215 e. The molecule has 0 aromatic heterocycles. The smallest absolute Gasteiger partial charge is 0.0215 e. The summed E-state index contributed by atoms with van der Waals surface area (Å²) in [6.45, 7) is 13.5. The van der Waals surface area contributed by atoms with E-state index in [1.54, 1.807) is 0 Å². The minimum Gasteiger partial charge on any atom is -0.311 e. The molecule has 0 aromatic rings. The van der Waals surface area contributed by atoms with Gasteiger partial charge in [0.25, 0.3) is 0 Å². The van der Waals surface area contributed by atoms with Crippen LogP contribution in [0.15, 0.2) is 0 Å². The van der Waals surface area contributed by atoms with Crippen molar-refractivity contribution < 1.29 is 0 Å². The van der Waals surface area contributed by atoms with Crippen molar-refractivity contribution in [3.63, 3.8) is 0 Å². The van der Waals surface area contributed by atoms with E-state index in [9.17, 15) is 0 Å². The summed E-state index contributed by atoms with van der Waals surface area (Å²) in [5.74, 6) is 0. The average molecular weight is 214 g/mol. The summed E-state index contributed by atoms with van der Waals surface area (Å²) in [6, 6.07) is 0.677. The Balaban J connectivity index is 3.90. The summed E-state index contributed by atoms with van der Waals surface area (Å²) in [5.41, 5.74) is 0.235. The molecule has 2 nitrogen and oxygen atoms in total. The summed E-state index contributed by atoms with van der Waals surface area (Å²) >= 11 is 0. The fourth-order valence-corrected chi connectivity index (χ4v) is 1.63. The summed E-state index contributed by atoms with van der Waals surface area (Å²) in [4.78, 5) is 2.49. The van der Waals surface area contributed by atoms with Crippen molar-refractivity contribution in [3.05, 3.63) is 0 Å². The molecule has 0 rings (SSSR count). The Morgan fingerprint density at radius 3 is 2.20 bits per heavy atom. The maximum atomic E-state index is 3.59. The predicted molar refractivity (Wildman–Crippen MR) is 69.4 cm³/mol. The fraction of sp³-hybridized carbons (Fsp3) is 1.00. The van der Waals surface area contributed by atoms with E-state index >= 15 is 0 Å². The predicted octanol–water partition coefficient (Wildman–Crippen LogP) is 2.89. The zero-order valence-corrected chi connectivity index (χ0v) is 11.6. The van der Waals surface area contributed by atoms with Crippen LogP contribution in [0, 0.1) is 0 Å². The number of nitrogens with zero attached hydrogens (tertiary/aromatic N) is 1. The number of unbranched alkanes of at least 4 members (excludes halogenated alkanes) is 1. The van der Waals surface area contributed by atoms with E-state index < -0.39 is 0 Å². The molecule has 0 aliphatic heterocycles. The number of hydrogen-bond donors (Lipinski definition) is 1. The molecule has 0 heterocycles. The van der Waals surface area contributed by atoms with Crippen LogP contribution in [0.4, 0.5) is 0 Å². The molecule has 0 bridgehead atoms. The lowest BCUT2D eigenvalue weighted by Crippen LogP contribution is -2.46. The third-order valence-corrected chi connectivity index (χ3v) is 2.83. The molecule has 0 amide bonds. The van der Waals surface area contributed by atoms with Crippen molar-refractivity contribution in [2.24, 2.45) is 0 Å². The first-order chi connectivity index (χ1) is 6.90. The van der Waals surface area contributed by atoms with E-state index in [-0.39, 0.29) is 5.54 Å². The van der Waals surface area contributed by atoms with E-state index in [1.807, 2.05) is 0 Å². The highest BCUT2D eigenvalue weighted by atomic mass is 15.2. The lowest BCUT2D eigenvalue weighted by molar-refractivity contribution is 0.213. The van der Waals surface area contributed by atoms with E-state index in [0.717, 1.165) is 6.54 Å². The van der Waals surface area contributed by atoms with Gasteiger partial charge in [-0.05, 0) is 47.2 Å². The van der Waals surface area contributed by atoms with Gasteiger partial charge >= 0.3 is 0 Å². The quantitative estimate of drug-likeness (QED) is 0.701. The van der Waals surface area contributed by atoms with Gasteiger partial charge in [0, 0.05) is 18.1 Å². The topological polar surface area (TPSA) is 15.3 Å². The van der Waals surface area contributed by atoms with Crippen LogP contribution in [0.1, 0.15) is 53.9 Å². The second-order valence-electron chi connectivity index (χ2n) is 5.53. The third-order valence-electron chi connectivity index (χ3n) is 2.83. The van der Waals surface area contributed by atoms with Crippen LogP contribution in [0.2, 0.25) is 0 Å². The van der Waals surface area contributed by atoms with E-state index in [4.69, 9.17) is 0 Å². The van der Waals surface area contributed by atoms with Crippen LogP contribution >= 0.6 is 0 Å². The molecular formula is C13H30N2. The summed E-state index contributed by atoms with van der Waals surface area (Å²) in [5, 5.41) is 3.59. The van der Waals surface area contributed by atoms with Crippen LogP contribution < -0.4 is 5.32 Å². The lowest BCUT2D eigenvalue weighted by Gasteiger charge is -2.31. The van der Waals surface area contributed by atoms with E-state index in [0.29, 0.717) is 6.04 Å². The molecule has 0 aromatic carbocycles. The van der Waals surface area contributed by atoms with Crippen molar-refractivity contribution in [1.82, 2.24) is 10.2 Å². The standard InChI is InChI=1S/C13H30N2/c1-7-9-10-15(6)12(8-2)11-14-13(3,4)5/h12,14H,7-11H2,1-6H3. The first-order valence-corrected chi connectivity index (χ1v) is 6.36. The summed E-state index contributed by atoms with van der Waals surface area (Å²) in [6.07, 6.45) is 3.82. The van der Waals surface area contributed by atoms with Crippen LogP contribution in [-0.2, 0) is 0 Å². The molecule has 0 saturated carbocycles. The normalized spacial score (nSPS) is 14.6. The number of nitrogens with one attached hydrogen (secondary N) is 1. The largest absolute Gasteiger partial charge is 0.311 e. The zero-order valence-electron chi connectivity index (χ0n) is 11.6. The highest BCUT2D eigenvalue weighted by Crippen LogP contribution is 2.05. The van der Waals surface area contributed by atoms with Gasteiger partial charge < -0.3 is 10.2 Å². The summed E-state index contributed by atoms with van der Waals surface area (Å²) in [7, 11) is 2.24. The molecule has 0 fully saturated rings. The van der Waals surface area contributed by atoms with Crippen LogP contribution in [0.25, 0.3) is 0 Å². The Kier molecular flexibility index (Phi) is 7.20. The minimum atomic E-state index is 0.235. The molecule has 0 radical (unpaired) electrons. The van der Waals surface area contributed by atoms with E-state index in [1.165, 1.54) is 25.8 Å². The molecular weight excluding hydrogens is 184 g/mol. The van der Waals surface area contributed by atoms with Gasteiger partial charge in [-0.1, -0.05) is 20.3 Å². The molecule has 0 saturated heterocycles. The lowest BCUT2D eigenvalue weighted by atomic mass is 10.1. The second kappa shape index (κ2) is 7.24. The van der Waals surface area contributed by atoms with E-state index in [2.05, 4.69) is 51.9 Å². The van der Waals surface area contributed by atoms with Gasteiger partial charge in [0.05, 0.1) is 0 Å². The zero-order chi connectivity index (χ0) is 11.9. The Bertz CT molecular complexity index is 149. The highest BCUT2D eigenvalue weighted by Gasteiger charge is 2.15. The van der Waals surface area contributed by atoms with Gasteiger partial charge in [0.1, 0.15) is 0 Å². The van der Waals surface area contributed by atoms with Gasteiger partial charge in [-0.2, -0.15) is 0 Å².